The summed E-state index contributed by atoms with van der Waals surface area (Å²) >= 11 is 0. The molecule has 140 valence electrons. The van der Waals surface area contributed by atoms with E-state index in [0.29, 0.717) is 22.5 Å². The second-order valence-electron chi connectivity index (χ2n) is 6.11. The number of carbonyl (C=O) groups excluding carboxylic acids is 1. The van der Waals surface area contributed by atoms with E-state index in [-0.39, 0.29) is 24.4 Å². The molecule has 0 saturated carbocycles. The average Bonchev–Trinajstić information content (AvgIpc) is 2.62. The maximum atomic E-state index is 12.7. The summed E-state index contributed by atoms with van der Waals surface area (Å²) in [5, 5.41) is 0.361. The van der Waals surface area contributed by atoms with Crippen molar-refractivity contribution in [2.75, 3.05) is 13.2 Å². The standard InChI is InChI=1S/C21H20O6/c1-4-24-20(22)12-25-15-5-6-17-18(10-15)26-11-19(21(17)23)27-16-8-13(2)7-14(3)9-16/h5-11H,4,12H2,1-3H3. The average molecular weight is 368 g/mol. The van der Waals surface area contributed by atoms with Crippen molar-refractivity contribution in [3.05, 3.63) is 64.0 Å². The van der Waals surface area contributed by atoms with E-state index in [4.69, 9.17) is 18.6 Å². The molecule has 6 heteroatoms. The van der Waals surface area contributed by atoms with E-state index in [9.17, 15) is 9.59 Å². The quantitative estimate of drug-likeness (QED) is 0.609. The lowest BCUT2D eigenvalue weighted by atomic mass is 10.1. The molecule has 0 spiro atoms. The Bertz CT molecular complexity index is 1010. The van der Waals surface area contributed by atoms with Crippen molar-refractivity contribution in [3.8, 4) is 17.2 Å². The van der Waals surface area contributed by atoms with Crippen LogP contribution in [0.5, 0.6) is 17.2 Å². The number of aryl methyl sites for hydroxylation is 2. The van der Waals surface area contributed by atoms with Crippen molar-refractivity contribution in [1.82, 2.24) is 0 Å². The van der Waals surface area contributed by atoms with Crippen molar-refractivity contribution in [2.24, 2.45) is 0 Å². The molecule has 3 aromatic rings. The van der Waals surface area contributed by atoms with E-state index < -0.39 is 5.97 Å². The molecule has 1 heterocycles. The van der Waals surface area contributed by atoms with Gasteiger partial charge in [-0.1, -0.05) is 6.07 Å². The van der Waals surface area contributed by atoms with Crippen LogP contribution in [-0.2, 0) is 9.53 Å². The lowest BCUT2D eigenvalue weighted by Gasteiger charge is -2.09. The maximum absolute atomic E-state index is 12.7. The van der Waals surface area contributed by atoms with Crippen LogP contribution in [0, 0.1) is 13.8 Å². The Balaban J connectivity index is 1.83. The molecular weight excluding hydrogens is 348 g/mol. The first kappa shape index (κ1) is 18.5. The van der Waals surface area contributed by atoms with E-state index in [2.05, 4.69) is 0 Å². The van der Waals surface area contributed by atoms with Crippen LogP contribution in [0.15, 0.2) is 51.9 Å². The first-order chi connectivity index (χ1) is 13.0. The third-order valence-electron chi connectivity index (χ3n) is 3.80. The van der Waals surface area contributed by atoms with Gasteiger partial charge >= 0.3 is 5.97 Å². The Hall–Kier alpha value is -3.28. The molecule has 0 amide bonds. The van der Waals surface area contributed by atoms with E-state index in [1.165, 1.54) is 6.26 Å². The molecule has 1 aromatic heterocycles. The van der Waals surface area contributed by atoms with Crippen molar-refractivity contribution in [1.29, 1.82) is 0 Å². The molecule has 0 aliphatic heterocycles. The number of rotatable bonds is 6. The molecule has 0 unspecified atom stereocenters. The van der Waals surface area contributed by atoms with Crippen LogP contribution in [0.25, 0.3) is 11.0 Å². The van der Waals surface area contributed by atoms with Gasteiger partial charge in [0.2, 0.25) is 11.2 Å². The summed E-state index contributed by atoms with van der Waals surface area (Å²) in [6.07, 6.45) is 1.28. The van der Waals surface area contributed by atoms with Gasteiger partial charge in [-0.2, -0.15) is 0 Å². The van der Waals surface area contributed by atoms with E-state index in [1.807, 2.05) is 32.0 Å². The Kier molecular flexibility index (Phi) is 5.45. The third-order valence-corrected chi connectivity index (χ3v) is 3.80. The van der Waals surface area contributed by atoms with Crippen LogP contribution in [-0.4, -0.2) is 19.2 Å². The molecule has 27 heavy (non-hydrogen) atoms. The molecule has 0 bridgehead atoms. The minimum atomic E-state index is -0.462. The van der Waals surface area contributed by atoms with Crippen LogP contribution in [0.3, 0.4) is 0 Å². The summed E-state index contributed by atoms with van der Waals surface area (Å²) in [6.45, 7) is 5.72. The largest absolute Gasteiger partial charge is 0.482 e. The monoisotopic (exact) mass is 368 g/mol. The number of fused-ring (bicyclic) bond motifs is 1. The highest BCUT2D eigenvalue weighted by molar-refractivity contribution is 5.79. The van der Waals surface area contributed by atoms with Gasteiger partial charge in [-0.05, 0) is 56.2 Å². The lowest BCUT2D eigenvalue weighted by Crippen LogP contribution is -2.14. The topological polar surface area (TPSA) is 75.0 Å². The zero-order valence-electron chi connectivity index (χ0n) is 15.4. The Morgan fingerprint density at radius 1 is 1.04 bits per heavy atom. The van der Waals surface area contributed by atoms with E-state index in [1.54, 1.807) is 25.1 Å². The Morgan fingerprint density at radius 3 is 2.48 bits per heavy atom. The number of esters is 1. The van der Waals surface area contributed by atoms with Crippen LogP contribution >= 0.6 is 0 Å². The van der Waals surface area contributed by atoms with E-state index >= 15 is 0 Å². The molecule has 0 radical (unpaired) electrons. The minimum Gasteiger partial charge on any atom is -0.482 e. The summed E-state index contributed by atoms with van der Waals surface area (Å²) in [7, 11) is 0. The molecule has 0 N–H and O–H groups in total. The number of hydrogen-bond donors (Lipinski definition) is 0. The molecule has 2 aromatic carbocycles. The Morgan fingerprint density at radius 2 is 1.78 bits per heavy atom. The van der Waals surface area contributed by atoms with E-state index in [0.717, 1.165) is 11.1 Å². The van der Waals surface area contributed by atoms with Crippen LogP contribution in [0.2, 0.25) is 0 Å². The second kappa shape index (κ2) is 7.95. The SMILES string of the molecule is CCOC(=O)COc1ccc2c(=O)c(Oc3cc(C)cc(C)c3)coc2c1. The summed E-state index contributed by atoms with van der Waals surface area (Å²) < 4.78 is 21.4. The van der Waals surface area contributed by atoms with Gasteiger partial charge in [-0.15, -0.1) is 0 Å². The van der Waals surface area contributed by atoms with Gasteiger partial charge in [0.25, 0.3) is 0 Å². The fourth-order valence-corrected chi connectivity index (χ4v) is 2.71. The number of hydrogen-bond acceptors (Lipinski definition) is 6. The van der Waals surface area contributed by atoms with Gasteiger partial charge in [0.15, 0.2) is 6.61 Å². The zero-order valence-corrected chi connectivity index (χ0v) is 15.4. The maximum Gasteiger partial charge on any atom is 0.344 e. The van der Waals surface area contributed by atoms with Gasteiger partial charge in [-0.25, -0.2) is 4.79 Å². The van der Waals surface area contributed by atoms with Gasteiger partial charge in [0, 0.05) is 6.07 Å². The number of ether oxygens (including phenoxy) is 3. The highest BCUT2D eigenvalue weighted by Gasteiger charge is 2.11. The lowest BCUT2D eigenvalue weighted by molar-refractivity contribution is -0.145. The molecule has 0 saturated heterocycles. The fraction of sp³-hybridized carbons (Fsp3) is 0.238. The van der Waals surface area contributed by atoms with Crippen LogP contribution in [0.4, 0.5) is 0 Å². The van der Waals surface area contributed by atoms with Crippen molar-refractivity contribution in [3.63, 3.8) is 0 Å². The zero-order chi connectivity index (χ0) is 19.4. The van der Waals surface area contributed by atoms with Crippen LogP contribution < -0.4 is 14.9 Å². The highest BCUT2D eigenvalue weighted by Crippen LogP contribution is 2.25. The molecule has 0 aliphatic carbocycles. The molecule has 3 rings (SSSR count). The fourth-order valence-electron chi connectivity index (χ4n) is 2.71. The first-order valence-electron chi connectivity index (χ1n) is 8.56. The normalized spacial score (nSPS) is 10.6. The predicted molar refractivity (Wildman–Crippen MR) is 101 cm³/mol. The highest BCUT2D eigenvalue weighted by atomic mass is 16.6. The Labute approximate surface area is 156 Å². The van der Waals surface area contributed by atoms with Crippen molar-refractivity contribution in [2.45, 2.75) is 20.8 Å². The number of carbonyl (C=O) groups is 1. The smallest absolute Gasteiger partial charge is 0.344 e. The molecule has 0 aliphatic rings. The van der Waals surface area contributed by atoms with Gasteiger partial charge in [0.1, 0.15) is 23.3 Å². The molecule has 0 atom stereocenters. The van der Waals surface area contributed by atoms with Crippen molar-refractivity contribution < 1.29 is 23.4 Å². The predicted octanol–water partition coefficient (Wildman–Crippen LogP) is 4.14. The molecule has 6 nitrogen and oxygen atoms in total. The summed E-state index contributed by atoms with van der Waals surface area (Å²) in [5.74, 6) is 0.624. The number of benzene rings is 2. The van der Waals surface area contributed by atoms with Gasteiger partial charge in [-0.3, -0.25) is 4.79 Å². The first-order valence-corrected chi connectivity index (χ1v) is 8.56. The molecular formula is C21H20O6. The summed E-state index contributed by atoms with van der Waals surface area (Å²) in [5.41, 5.74) is 2.14. The molecule has 0 fully saturated rings. The summed E-state index contributed by atoms with van der Waals surface area (Å²) in [6, 6.07) is 10.4. The third kappa shape index (κ3) is 4.47. The van der Waals surface area contributed by atoms with Crippen molar-refractivity contribution >= 4 is 16.9 Å². The second-order valence-corrected chi connectivity index (χ2v) is 6.11. The van der Waals surface area contributed by atoms with Gasteiger partial charge in [0.05, 0.1) is 12.0 Å². The summed E-state index contributed by atoms with van der Waals surface area (Å²) in [4.78, 5) is 24.0. The van der Waals surface area contributed by atoms with Crippen LogP contribution in [0.1, 0.15) is 18.1 Å². The van der Waals surface area contributed by atoms with Gasteiger partial charge < -0.3 is 18.6 Å². The minimum absolute atomic E-state index is 0.104.